The van der Waals surface area contributed by atoms with Crippen molar-refractivity contribution < 1.29 is 52.5 Å². The highest BCUT2D eigenvalue weighted by atomic mass is 16.6. The standard InChI is InChI=1S/C46H59N5O6.C45H58N4O5/c1-45(2,35-19-11-9-12-20-35)37-23-27-39(28-24-37)56-43(54)49-33-17-7-5-15-31-47-41(52)51-42(53)48-32-16-6-8-18-34-50-44(55)57-40-29-25-38(26-30-40)46(3,4)36-21-13-10-14-22-36;1-44(2,35-19-11-9-12-20-35)37-23-27-39(28-24-37)53-42(51)48-33-17-7-5-15-31-46-41(50)47-32-16-6-8-18-34-49-43(52)54-40-29-25-38(26-30-40)45(3,4)36-21-13-10-14-22-36/h9-14,19-30H,5-8,15-18,31-34H2,1-4H3,(H,49,54)(H,50,55)(H3,47,48,51,52,53);9-14,19-30H,5-8,15-18,31-34H2,1-4H3,(H,48,51)(H,49,52)(H2,46,47,50). The van der Waals surface area contributed by atoms with Crippen molar-refractivity contribution in [2.24, 2.45) is 0 Å². The molecule has 8 aromatic rings. The van der Waals surface area contributed by atoms with Crippen LogP contribution in [0.3, 0.4) is 0 Å². The number of hydrogen-bond acceptors (Lipinski definition) is 11. The Bertz CT molecular complexity index is 3810. The maximum Gasteiger partial charge on any atom is 0.412 e. The predicted molar refractivity (Wildman–Crippen MR) is 441 cm³/mol. The van der Waals surface area contributed by atoms with Gasteiger partial charge in [0.15, 0.2) is 0 Å². The second-order valence-corrected chi connectivity index (χ2v) is 29.8. The average molecular weight is 1510 g/mol. The number of carbonyl (C=O) groups excluding carboxylic acids is 7. The molecule has 0 aliphatic carbocycles. The summed E-state index contributed by atoms with van der Waals surface area (Å²) in [5.41, 5.74) is 8.78. The fourth-order valence-electron chi connectivity index (χ4n) is 12.7. The van der Waals surface area contributed by atoms with Crippen molar-refractivity contribution in [3.63, 3.8) is 0 Å². The Hall–Kier alpha value is -11.2. The van der Waals surface area contributed by atoms with Gasteiger partial charge in [-0.25, -0.2) is 33.6 Å². The minimum Gasteiger partial charge on any atom is -0.410 e. The number of hydrogen-bond donors (Lipinski definition) is 9. The Morgan fingerprint density at radius 1 is 0.207 bits per heavy atom. The van der Waals surface area contributed by atoms with Crippen LogP contribution in [-0.2, 0) is 21.7 Å². The van der Waals surface area contributed by atoms with Gasteiger partial charge in [0.1, 0.15) is 23.0 Å². The van der Waals surface area contributed by atoms with Crippen LogP contribution in [0, 0.1) is 0 Å². The third-order valence-corrected chi connectivity index (χ3v) is 20.0. The zero-order valence-electron chi connectivity index (χ0n) is 66.2. The van der Waals surface area contributed by atoms with Crippen molar-refractivity contribution in [3.8, 4) is 23.0 Å². The van der Waals surface area contributed by atoms with E-state index in [1.165, 1.54) is 22.3 Å². The van der Waals surface area contributed by atoms with Gasteiger partial charge >= 0.3 is 42.5 Å². The molecular weight excluding hydrogens is 1400 g/mol. The molecule has 0 saturated heterocycles. The maximum atomic E-state index is 12.2. The summed E-state index contributed by atoms with van der Waals surface area (Å²) in [6, 6.07) is 70.5. The molecule has 0 heterocycles. The summed E-state index contributed by atoms with van der Waals surface area (Å²) < 4.78 is 21.7. The van der Waals surface area contributed by atoms with Crippen LogP contribution in [0.1, 0.15) is 203 Å². The summed E-state index contributed by atoms with van der Waals surface area (Å²) in [7, 11) is 0. The predicted octanol–water partition coefficient (Wildman–Crippen LogP) is 19.0. The number of nitrogens with one attached hydrogen (secondary N) is 9. The Morgan fingerprint density at radius 3 is 0.559 bits per heavy atom. The van der Waals surface area contributed by atoms with E-state index < -0.39 is 36.4 Å². The molecule has 0 radical (unpaired) electrons. The molecule has 0 unspecified atom stereocenters. The molecule has 0 fully saturated rings. The van der Waals surface area contributed by atoms with E-state index in [0.717, 1.165) is 125 Å². The quantitative estimate of drug-likeness (QED) is 0.0163. The van der Waals surface area contributed by atoms with Gasteiger partial charge in [-0.15, -0.1) is 0 Å². The normalized spacial score (nSPS) is 11.3. The molecule has 0 aliphatic heterocycles. The monoisotopic (exact) mass is 1510 g/mol. The molecule has 592 valence electrons. The van der Waals surface area contributed by atoms with Gasteiger partial charge in [0.2, 0.25) is 0 Å². The van der Waals surface area contributed by atoms with E-state index in [-0.39, 0.29) is 27.7 Å². The van der Waals surface area contributed by atoms with E-state index in [9.17, 15) is 33.6 Å². The molecule has 111 heavy (non-hydrogen) atoms. The van der Waals surface area contributed by atoms with Crippen LogP contribution >= 0.6 is 0 Å². The summed E-state index contributed by atoms with van der Waals surface area (Å²) in [5, 5.41) is 24.7. The van der Waals surface area contributed by atoms with Crippen LogP contribution in [0.2, 0.25) is 0 Å². The molecule has 20 heteroatoms. The van der Waals surface area contributed by atoms with E-state index in [0.29, 0.717) is 75.4 Å². The molecule has 0 bridgehead atoms. The van der Waals surface area contributed by atoms with E-state index in [1.807, 2.05) is 170 Å². The minimum absolute atomic E-state index is 0.153. The van der Waals surface area contributed by atoms with Gasteiger partial charge in [0.25, 0.3) is 0 Å². The van der Waals surface area contributed by atoms with Crippen LogP contribution in [-0.4, -0.2) is 94.8 Å². The third-order valence-electron chi connectivity index (χ3n) is 20.0. The van der Waals surface area contributed by atoms with Crippen LogP contribution in [0.15, 0.2) is 218 Å². The number of amides is 10. The summed E-state index contributed by atoms with van der Waals surface area (Å²) in [4.78, 5) is 85.1. The van der Waals surface area contributed by atoms with Crippen LogP contribution < -0.4 is 66.8 Å². The molecule has 8 rings (SSSR count). The number of ether oxygens (including phenoxy) is 4. The molecule has 8 aromatic carbocycles. The fourth-order valence-corrected chi connectivity index (χ4v) is 12.7. The van der Waals surface area contributed by atoms with Crippen molar-refractivity contribution >= 4 is 42.5 Å². The van der Waals surface area contributed by atoms with Gasteiger partial charge in [-0.05, 0) is 144 Å². The highest BCUT2D eigenvalue weighted by molar-refractivity contribution is 5.93. The first-order valence-corrected chi connectivity index (χ1v) is 39.3. The summed E-state index contributed by atoms with van der Waals surface area (Å²) in [6.07, 6.45) is 11.8. The van der Waals surface area contributed by atoms with E-state index >= 15 is 0 Å². The highest BCUT2D eigenvalue weighted by Crippen LogP contribution is 2.36. The number of benzene rings is 8. The van der Waals surface area contributed by atoms with Crippen molar-refractivity contribution in [2.75, 3.05) is 52.4 Å². The van der Waals surface area contributed by atoms with Crippen molar-refractivity contribution in [3.05, 3.63) is 263 Å². The van der Waals surface area contributed by atoms with Gasteiger partial charge in [0.05, 0.1) is 0 Å². The molecule has 0 aliphatic rings. The number of imide groups is 1. The number of rotatable bonds is 40. The third kappa shape index (κ3) is 31.0. The number of unbranched alkanes of at least 4 members (excludes halogenated alkanes) is 12. The van der Waals surface area contributed by atoms with Crippen LogP contribution in [0.5, 0.6) is 23.0 Å². The van der Waals surface area contributed by atoms with Gasteiger partial charge in [-0.2, -0.15) is 0 Å². The first-order valence-electron chi connectivity index (χ1n) is 39.3. The van der Waals surface area contributed by atoms with E-state index in [4.69, 9.17) is 18.9 Å². The van der Waals surface area contributed by atoms with E-state index in [1.54, 1.807) is 0 Å². The first kappa shape index (κ1) is 87.1. The maximum absolute atomic E-state index is 12.2. The van der Waals surface area contributed by atoms with Gasteiger partial charge in [-0.1, -0.05) is 277 Å². The number of carbonyl (C=O) groups is 7. The molecule has 0 atom stereocenters. The van der Waals surface area contributed by atoms with Crippen molar-refractivity contribution in [2.45, 2.75) is 180 Å². The van der Waals surface area contributed by atoms with Crippen LogP contribution in [0.4, 0.5) is 33.6 Å². The fraction of sp³-hybridized carbons (Fsp3) is 0.396. The first-order chi connectivity index (χ1) is 53.5. The topological polar surface area (TPSA) is 265 Å². The second-order valence-electron chi connectivity index (χ2n) is 29.8. The zero-order chi connectivity index (χ0) is 79.6. The highest BCUT2D eigenvalue weighted by Gasteiger charge is 2.27. The minimum atomic E-state index is -0.543. The molecule has 0 aromatic heterocycles. The summed E-state index contributed by atoms with van der Waals surface area (Å²) in [5.74, 6) is 2.00. The lowest BCUT2D eigenvalue weighted by Gasteiger charge is -2.26. The van der Waals surface area contributed by atoms with Crippen molar-refractivity contribution in [1.29, 1.82) is 0 Å². The molecule has 20 nitrogen and oxygen atoms in total. The second kappa shape index (κ2) is 46.4. The Kier molecular flexibility index (Phi) is 36.4. The lowest BCUT2D eigenvalue weighted by atomic mass is 9.78. The van der Waals surface area contributed by atoms with E-state index in [2.05, 4.69) is 152 Å². The Labute approximate surface area is 657 Å². The average Bonchev–Trinajstić information content (AvgIpc) is 0.827. The SMILES string of the molecule is CC(C)(c1ccccc1)c1ccc(OC(=O)NCCCCCCNC(=O)NC(=O)NCCCCCCNC(=O)Oc2ccc(C(C)(C)c3ccccc3)cc2)cc1.CC(C)(c1ccccc1)c1ccc(OC(=O)NCCCCCCNC(=O)NCCCCCCNC(=O)Oc2ccc(C(C)(C)c3ccccc3)cc2)cc1. The molecule has 9 N–H and O–H groups in total. The Morgan fingerprint density at radius 2 is 0.369 bits per heavy atom. The van der Waals surface area contributed by atoms with Gasteiger partial charge in [-0.3, -0.25) is 5.32 Å². The lowest BCUT2D eigenvalue weighted by Crippen LogP contribution is -2.45. The zero-order valence-corrected chi connectivity index (χ0v) is 66.2. The van der Waals surface area contributed by atoms with Gasteiger partial charge < -0.3 is 61.5 Å². The molecule has 0 spiro atoms. The van der Waals surface area contributed by atoms with Crippen LogP contribution in [0.25, 0.3) is 0 Å². The molecular formula is C91H117N9O11. The largest absolute Gasteiger partial charge is 0.412 e. The molecule has 10 amide bonds. The van der Waals surface area contributed by atoms with Gasteiger partial charge in [0, 0.05) is 74.0 Å². The summed E-state index contributed by atoms with van der Waals surface area (Å²) >= 11 is 0. The molecule has 0 saturated carbocycles. The van der Waals surface area contributed by atoms with Crippen molar-refractivity contribution in [1.82, 2.24) is 47.9 Å². The Balaban J connectivity index is 0.000000309. The lowest BCUT2D eigenvalue weighted by molar-refractivity contribution is 0.199. The summed E-state index contributed by atoms with van der Waals surface area (Å²) in [6.45, 7) is 21.5. The number of urea groups is 3. The smallest absolute Gasteiger partial charge is 0.410 e.